The fraction of sp³-hybridized carbons (Fsp3) is 0.833. The monoisotopic (exact) mass is 336 g/mol. The van der Waals surface area contributed by atoms with E-state index >= 15 is 0 Å². The van der Waals surface area contributed by atoms with Crippen molar-refractivity contribution in [1.29, 1.82) is 0 Å². The van der Waals surface area contributed by atoms with Crippen LogP contribution in [0.4, 0.5) is 4.79 Å². The minimum absolute atomic E-state index is 0.0737. The van der Waals surface area contributed by atoms with Gasteiger partial charge >= 0.3 is 12.0 Å². The second-order valence-corrected chi connectivity index (χ2v) is 7.71. The highest BCUT2D eigenvalue weighted by molar-refractivity contribution is 6.08. The Bertz CT molecular complexity index is 527. The lowest BCUT2D eigenvalue weighted by Crippen LogP contribution is -2.49. The summed E-state index contributed by atoms with van der Waals surface area (Å²) in [4.78, 5) is 40.2. The van der Waals surface area contributed by atoms with E-state index in [1.165, 1.54) is 6.42 Å². The third kappa shape index (κ3) is 3.03. The Hall–Kier alpha value is -1.59. The second-order valence-electron chi connectivity index (χ2n) is 7.71. The molecular weight excluding hydrogens is 308 g/mol. The second kappa shape index (κ2) is 6.73. The minimum Gasteiger partial charge on any atom is -0.461 e. The third-order valence-electron chi connectivity index (χ3n) is 5.96. The molecule has 6 nitrogen and oxygen atoms in total. The van der Waals surface area contributed by atoms with Crippen molar-refractivity contribution in [3.63, 3.8) is 0 Å². The van der Waals surface area contributed by atoms with Crippen LogP contribution < -0.4 is 0 Å². The van der Waals surface area contributed by atoms with Gasteiger partial charge in [-0.1, -0.05) is 32.6 Å². The summed E-state index contributed by atoms with van der Waals surface area (Å²) in [5.74, 6) is -0.121. The number of likely N-dealkylation sites (N-methyl/N-ethyl adjacent to an activating group) is 1. The van der Waals surface area contributed by atoms with Gasteiger partial charge in [0.2, 0.25) is 0 Å². The van der Waals surface area contributed by atoms with E-state index in [1.54, 1.807) is 11.9 Å². The summed E-state index contributed by atoms with van der Waals surface area (Å²) in [6.07, 6.45) is 8.29. The maximum absolute atomic E-state index is 12.8. The highest BCUT2D eigenvalue weighted by atomic mass is 16.5. The van der Waals surface area contributed by atoms with E-state index in [0.29, 0.717) is 18.8 Å². The van der Waals surface area contributed by atoms with Crippen molar-refractivity contribution >= 4 is 17.9 Å². The van der Waals surface area contributed by atoms with Crippen LogP contribution in [0.1, 0.15) is 64.7 Å². The van der Waals surface area contributed by atoms with Crippen LogP contribution in [-0.4, -0.2) is 52.9 Å². The van der Waals surface area contributed by atoms with E-state index in [9.17, 15) is 14.4 Å². The van der Waals surface area contributed by atoms with Gasteiger partial charge < -0.3 is 9.64 Å². The van der Waals surface area contributed by atoms with Gasteiger partial charge in [-0.3, -0.25) is 14.5 Å². The third-order valence-corrected chi connectivity index (χ3v) is 5.96. The number of urea groups is 1. The Morgan fingerprint density at radius 1 is 1.17 bits per heavy atom. The van der Waals surface area contributed by atoms with Crippen molar-refractivity contribution in [3.8, 4) is 0 Å². The van der Waals surface area contributed by atoms with Crippen LogP contribution >= 0.6 is 0 Å². The first-order valence-corrected chi connectivity index (χ1v) is 9.23. The molecule has 134 valence electrons. The van der Waals surface area contributed by atoms with Gasteiger partial charge in [0.1, 0.15) is 18.2 Å². The first-order valence-electron chi connectivity index (χ1n) is 9.23. The van der Waals surface area contributed by atoms with Crippen LogP contribution in [0, 0.1) is 5.92 Å². The van der Waals surface area contributed by atoms with E-state index < -0.39 is 11.5 Å². The van der Waals surface area contributed by atoms with Crippen molar-refractivity contribution in [1.82, 2.24) is 9.80 Å². The molecule has 0 radical (unpaired) electrons. The summed E-state index contributed by atoms with van der Waals surface area (Å²) >= 11 is 0. The number of nitrogens with zero attached hydrogens (tertiary/aromatic N) is 2. The molecule has 1 aliphatic heterocycles. The molecule has 0 bridgehead atoms. The zero-order valence-corrected chi connectivity index (χ0v) is 14.8. The van der Waals surface area contributed by atoms with Crippen molar-refractivity contribution in [2.24, 2.45) is 5.92 Å². The van der Waals surface area contributed by atoms with E-state index in [0.717, 1.165) is 43.4 Å². The molecule has 0 N–H and O–H groups in total. The van der Waals surface area contributed by atoms with Crippen molar-refractivity contribution in [2.45, 2.75) is 76.4 Å². The zero-order valence-electron chi connectivity index (χ0n) is 14.8. The van der Waals surface area contributed by atoms with Crippen LogP contribution in [0.2, 0.25) is 0 Å². The molecular formula is C18H28N2O4. The number of ether oxygens (including phenoxy) is 1. The van der Waals surface area contributed by atoms with Gasteiger partial charge in [0.15, 0.2) is 0 Å². The van der Waals surface area contributed by atoms with E-state index in [-0.39, 0.29) is 24.6 Å². The smallest absolute Gasteiger partial charge is 0.327 e. The predicted octanol–water partition coefficient (Wildman–Crippen LogP) is 2.71. The van der Waals surface area contributed by atoms with Gasteiger partial charge in [-0.25, -0.2) is 4.79 Å². The summed E-state index contributed by atoms with van der Waals surface area (Å²) in [5, 5.41) is 0. The molecule has 0 aromatic carbocycles. The molecule has 3 amide bonds. The molecule has 2 unspecified atom stereocenters. The topological polar surface area (TPSA) is 66.9 Å². The Morgan fingerprint density at radius 2 is 1.88 bits per heavy atom. The number of amides is 3. The summed E-state index contributed by atoms with van der Waals surface area (Å²) < 4.78 is 5.53. The quantitative estimate of drug-likeness (QED) is 0.587. The number of carbonyl (C=O) groups excluding carboxylic acids is 3. The lowest BCUT2D eigenvalue weighted by atomic mass is 9.81. The van der Waals surface area contributed by atoms with Gasteiger partial charge in [0.05, 0.1) is 0 Å². The summed E-state index contributed by atoms with van der Waals surface area (Å²) in [7, 11) is 1.68. The summed E-state index contributed by atoms with van der Waals surface area (Å²) in [5.41, 5.74) is -0.727. The van der Waals surface area contributed by atoms with Crippen LogP contribution in [-0.2, 0) is 14.3 Å². The molecule has 0 aromatic rings. The molecule has 1 heterocycles. The average molecular weight is 336 g/mol. The minimum atomic E-state index is -0.727. The van der Waals surface area contributed by atoms with Gasteiger partial charge in [0, 0.05) is 7.05 Å². The van der Waals surface area contributed by atoms with Crippen molar-refractivity contribution in [2.75, 3.05) is 13.6 Å². The number of imide groups is 1. The number of hydrogen-bond donors (Lipinski definition) is 0. The van der Waals surface area contributed by atoms with Crippen LogP contribution in [0.5, 0.6) is 0 Å². The molecule has 3 aliphatic rings. The molecule has 1 spiro atoms. The lowest BCUT2D eigenvalue weighted by molar-refractivity contribution is -0.154. The molecule has 6 heteroatoms. The van der Waals surface area contributed by atoms with Crippen LogP contribution in [0.15, 0.2) is 0 Å². The fourth-order valence-electron chi connectivity index (χ4n) is 4.51. The molecule has 2 saturated carbocycles. The Balaban J connectivity index is 1.63. The van der Waals surface area contributed by atoms with Crippen molar-refractivity contribution in [3.05, 3.63) is 0 Å². The molecule has 3 fully saturated rings. The Kier molecular flexibility index (Phi) is 4.83. The largest absolute Gasteiger partial charge is 0.461 e. The molecule has 24 heavy (non-hydrogen) atoms. The zero-order chi connectivity index (χ0) is 17.3. The van der Waals surface area contributed by atoms with Gasteiger partial charge in [-0.05, 0) is 38.0 Å². The number of esters is 1. The van der Waals surface area contributed by atoms with Crippen LogP contribution in [0.3, 0.4) is 0 Å². The van der Waals surface area contributed by atoms with Crippen LogP contribution in [0.25, 0.3) is 0 Å². The molecule has 2 aliphatic carbocycles. The van der Waals surface area contributed by atoms with Gasteiger partial charge in [-0.2, -0.15) is 0 Å². The molecule has 3 rings (SSSR count). The van der Waals surface area contributed by atoms with Crippen molar-refractivity contribution < 1.29 is 19.1 Å². The maximum Gasteiger partial charge on any atom is 0.327 e. The lowest BCUT2D eigenvalue weighted by Gasteiger charge is -2.35. The average Bonchev–Trinajstić information content (AvgIpc) is 2.72. The van der Waals surface area contributed by atoms with E-state index in [4.69, 9.17) is 4.74 Å². The Morgan fingerprint density at radius 3 is 2.54 bits per heavy atom. The molecule has 1 saturated heterocycles. The predicted molar refractivity (Wildman–Crippen MR) is 88.2 cm³/mol. The first-order chi connectivity index (χ1) is 11.4. The van der Waals surface area contributed by atoms with E-state index in [2.05, 4.69) is 6.92 Å². The number of rotatable bonds is 3. The normalized spacial score (nSPS) is 30.1. The fourth-order valence-corrected chi connectivity index (χ4v) is 4.51. The van der Waals surface area contributed by atoms with Gasteiger partial charge in [-0.15, -0.1) is 0 Å². The standard InChI is InChI=1S/C18H28N2O4/c1-13-7-6-8-14(11-13)24-15(21)12-20-16(22)18(19(2)17(20)23)9-4-3-5-10-18/h13-14H,3-12H2,1-2H3. The van der Waals surface area contributed by atoms with Gasteiger partial charge in [0.25, 0.3) is 5.91 Å². The summed E-state index contributed by atoms with van der Waals surface area (Å²) in [6.45, 7) is 1.91. The first kappa shape index (κ1) is 17.2. The SMILES string of the molecule is CC1CCCC(OC(=O)CN2C(=O)N(C)C3(CCCCC3)C2=O)C1. The molecule has 0 aromatic heterocycles. The highest BCUT2D eigenvalue weighted by Crippen LogP contribution is 2.39. The highest BCUT2D eigenvalue weighted by Gasteiger charge is 2.56. The number of hydrogen-bond acceptors (Lipinski definition) is 4. The molecule has 2 atom stereocenters. The Labute approximate surface area is 143 Å². The number of carbonyl (C=O) groups is 3. The summed E-state index contributed by atoms with van der Waals surface area (Å²) in [6, 6.07) is -0.365. The van der Waals surface area contributed by atoms with E-state index in [1.807, 2.05) is 0 Å². The maximum atomic E-state index is 12.8.